The molecule has 2 unspecified atom stereocenters. The van der Waals surface area contributed by atoms with Gasteiger partial charge in [0.15, 0.2) is 0 Å². The van der Waals surface area contributed by atoms with Gasteiger partial charge in [-0.25, -0.2) is 0 Å². The van der Waals surface area contributed by atoms with Crippen molar-refractivity contribution >= 4 is 0 Å². The molecule has 3 rings (SSSR count). The quantitative estimate of drug-likeness (QED) is 0.749. The lowest BCUT2D eigenvalue weighted by Crippen LogP contribution is -2.39. The van der Waals surface area contributed by atoms with E-state index in [1.54, 1.807) is 19.8 Å². The Morgan fingerprint density at radius 2 is 2.00 bits per heavy atom. The molecule has 108 valence electrons. The summed E-state index contributed by atoms with van der Waals surface area (Å²) < 4.78 is 11.1. The van der Waals surface area contributed by atoms with Gasteiger partial charge in [0.05, 0.1) is 14.2 Å². The van der Waals surface area contributed by atoms with E-state index in [9.17, 15) is 0 Å². The Kier molecular flexibility index (Phi) is 3.27. The number of benzene rings is 1. The Morgan fingerprint density at radius 1 is 1.20 bits per heavy atom. The van der Waals surface area contributed by atoms with Crippen LogP contribution in [0.4, 0.5) is 0 Å². The average Bonchev–Trinajstić information content (AvgIpc) is 2.45. The Bertz CT molecular complexity index is 542. The lowest BCUT2D eigenvalue weighted by atomic mass is 9.58. The second-order valence-corrected chi connectivity index (χ2v) is 6.36. The van der Waals surface area contributed by atoms with Crippen molar-refractivity contribution in [3.63, 3.8) is 0 Å². The number of hydrogen-bond acceptors (Lipinski definition) is 2. The number of ether oxygens (including phenoxy) is 2. The van der Waals surface area contributed by atoms with Crippen molar-refractivity contribution in [1.29, 1.82) is 0 Å². The molecule has 2 atom stereocenters. The number of rotatable bonds is 2. The van der Waals surface area contributed by atoms with Gasteiger partial charge in [-0.15, -0.1) is 0 Å². The fourth-order valence-electron chi connectivity index (χ4n) is 4.33. The molecule has 0 heterocycles. The first kappa shape index (κ1) is 13.5. The van der Waals surface area contributed by atoms with Crippen molar-refractivity contribution in [1.82, 2.24) is 0 Å². The molecule has 0 aromatic heterocycles. The fourth-order valence-corrected chi connectivity index (χ4v) is 4.33. The molecular weight excluding hydrogens is 248 g/mol. The molecule has 2 aliphatic rings. The summed E-state index contributed by atoms with van der Waals surface area (Å²) in [7, 11) is 3.50. The molecular formula is C18H24O2. The van der Waals surface area contributed by atoms with Crippen LogP contribution in [0.25, 0.3) is 0 Å². The van der Waals surface area contributed by atoms with Crippen molar-refractivity contribution in [2.24, 2.45) is 5.92 Å². The summed E-state index contributed by atoms with van der Waals surface area (Å²) in [5.41, 5.74) is 4.60. The van der Waals surface area contributed by atoms with Crippen LogP contribution in [-0.2, 0) is 11.8 Å². The van der Waals surface area contributed by atoms with Gasteiger partial charge in [-0.1, -0.05) is 18.6 Å². The zero-order valence-corrected chi connectivity index (χ0v) is 13.0. The van der Waals surface area contributed by atoms with Crippen LogP contribution in [0.5, 0.6) is 11.5 Å². The van der Waals surface area contributed by atoms with E-state index in [1.807, 2.05) is 6.07 Å². The minimum Gasteiger partial charge on any atom is -0.497 e. The molecule has 0 saturated carbocycles. The van der Waals surface area contributed by atoms with E-state index in [0.717, 1.165) is 17.9 Å². The lowest BCUT2D eigenvalue weighted by Gasteiger charge is -2.46. The summed E-state index contributed by atoms with van der Waals surface area (Å²) in [6.07, 6.45) is 7.17. The number of methoxy groups -OCH3 is 2. The maximum absolute atomic E-state index is 5.71. The predicted molar refractivity (Wildman–Crippen MR) is 81.7 cm³/mol. The zero-order valence-electron chi connectivity index (χ0n) is 13.0. The van der Waals surface area contributed by atoms with Crippen molar-refractivity contribution in [3.8, 4) is 11.5 Å². The first-order valence-corrected chi connectivity index (χ1v) is 7.52. The Hall–Kier alpha value is -1.44. The molecule has 2 nitrogen and oxygen atoms in total. The highest BCUT2D eigenvalue weighted by molar-refractivity contribution is 5.53. The normalized spacial score (nSPS) is 28.2. The molecule has 0 spiro atoms. The van der Waals surface area contributed by atoms with E-state index >= 15 is 0 Å². The van der Waals surface area contributed by atoms with Gasteiger partial charge in [-0.05, 0) is 50.2 Å². The van der Waals surface area contributed by atoms with E-state index in [4.69, 9.17) is 9.47 Å². The lowest BCUT2D eigenvalue weighted by molar-refractivity contribution is 0.250. The molecule has 2 heteroatoms. The molecule has 0 aliphatic heterocycles. The summed E-state index contributed by atoms with van der Waals surface area (Å²) >= 11 is 0. The highest BCUT2D eigenvalue weighted by Gasteiger charge is 2.44. The highest BCUT2D eigenvalue weighted by Crippen LogP contribution is 2.53. The molecule has 0 saturated heterocycles. The van der Waals surface area contributed by atoms with Crippen LogP contribution >= 0.6 is 0 Å². The third kappa shape index (κ3) is 1.85. The third-order valence-electron chi connectivity index (χ3n) is 5.34. The summed E-state index contributed by atoms with van der Waals surface area (Å²) in [4.78, 5) is 0. The van der Waals surface area contributed by atoms with Gasteiger partial charge in [-0.2, -0.15) is 0 Å². The average molecular weight is 272 g/mol. The van der Waals surface area contributed by atoms with Gasteiger partial charge in [0, 0.05) is 17.0 Å². The Balaban J connectivity index is 2.18. The number of hydrogen-bond donors (Lipinski definition) is 0. The molecule has 0 amide bonds. The largest absolute Gasteiger partial charge is 0.497 e. The second kappa shape index (κ2) is 4.83. The van der Waals surface area contributed by atoms with Crippen LogP contribution in [0.3, 0.4) is 0 Å². The SMILES string of the molecule is COc1cc2c(c(OC)c1)C1(C)CCC=C(C)C1CC2. The van der Waals surface area contributed by atoms with Gasteiger partial charge in [0.1, 0.15) is 11.5 Å². The standard InChI is InChI=1S/C18H24O2/c1-12-6-5-9-18(2)15(12)8-7-13-10-14(19-3)11-16(20-4)17(13)18/h6,10-11,15H,5,7-9H2,1-4H3. The Labute approximate surface area is 121 Å². The van der Waals surface area contributed by atoms with E-state index < -0.39 is 0 Å². The van der Waals surface area contributed by atoms with Gasteiger partial charge >= 0.3 is 0 Å². The van der Waals surface area contributed by atoms with Crippen molar-refractivity contribution in [2.45, 2.75) is 44.9 Å². The molecule has 0 bridgehead atoms. The maximum atomic E-state index is 5.71. The van der Waals surface area contributed by atoms with Crippen molar-refractivity contribution in [3.05, 3.63) is 34.9 Å². The summed E-state index contributed by atoms with van der Waals surface area (Å²) in [5, 5.41) is 0. The molecule has 0 radical (unpaired) electrons. The molecule has 20 heavy (non-hydrogen) atoms. The highest BCUT2D eigenvalue weighted by atomic mass is 16.5. The van der Waals surface area contributed by atoms with E-state index in [-0.39, 0.29) is 5.41 Å². The number of allylic oxidation sites excluding steroid dienone is 2. The first-order chi connectivity index (χ1) is 9.60. The third-order valence-corrected chi connectivity index (χ3v) is 5.34. The summed E-state index contributed by atoms with van der Waals surface area (Å²) in [5.74, 6) is 2.57. The topological polar surface area (TPSA) is 18.5 Å². The van der Waals surface area contributed by atoms with E-state index in [1.165, 1.54) is 30.4 Å². The van der Waals surface area contributed by atoms with E-state index in [2.05, 4.69) is 26.0 Å². The van der Waals surface area contributed by atoms with E-state index in [0.29, 0.717) is 5.92 Å². The summed E-state index contributed by atoms with van der Waals surface area (Å²) in [6, 6.07) is 4.24. The van der Waals surface area contributed by atoms with Crippen LogP contribution in [-0.4, -0.2) is 14.2 Å². The van der Waals surface area contributed by atoms with Crippen molar-refractivity contribution < 1.29 is 9.47 Å². The minimum atomic E-state index is 0.212. The van der Waals surface area contributed by atoms with Gasteiger partial charge in [-0.3, -0.25) is 0 Å². The molecule has 1 aromatic carbocycles. The van der Waals surface area contributed by atoms with Crippen LogP contribution in [0, 0.1) is 5.92 Å². The monoisotopic (exact) mass is 272 g/mol. The van der Waals surface area contributed by atoms with Crippen LogP contribution in [0.2, 0.25) is 0 Å². The number of fused-ring (bicyclic) bond motifs is 3. The summed E-state index contributed by atoms with van der Waals surface area (Å²) in [6.45, 7) is 4.71. The maximum Gasteiger partial charge on any atom is 0.126 e. The fraction of sp³-hybridized carbons (Fsp3) is 0.556. The van der Waals surface area contributed by atoms with Crippen LogP contribution < -0.4 is 9.47 Å². The van der Waals surface area contributed by atoms with Gasteiger partial charge < -0.3 is 9.47 Å². The molecule has 1 aromatic rings. The molecule has 0 fully saturated rings. The predicted octanol–water partition coefficient (Wildman–Crippen LogP) is 4.26. The van der Waals surface area contributed by atoms with Crippen molar-refractivity contribution in [2.75, 3.05) is 14.2 Å². The van der Waals surface area contributed by atoms with Gasteiger partial charge in [0.25, 0.3) is 0 Å². The zero-order chi connectivity index (χ0) is 14.3. The molecule has 2 aliphatic carbocycles. The minimum absolute atomic E-state index is 0.212. The van der Waals surface area contributed by atoms with Gasteiger partial charge in [0.2, 0.25) is 0 Å². The second-order valence-electron chi connectivity index (χ2n) is 6.36. The number of aryl methyl sites for hydroxylation is 1. The molecule has 0 N–H and O–H groups in total. The van der Waals surface area contributed by atoms with Crippen LogP contribution in [0.15, 0.2) is 23.8 Å². The smallest absolute Gasteiger partial charge is 0.126 e. The Morgan fingerprint density at radius 3 is 2.70 bits per heavy atom. The van der Waals surface area contributed by atoms with Crippen LogP contribution in [0.1, 0.15) is 44.2 Å². The first-order valence-electron chi connectivity index (χ1n) is 7.52.